The molecule has 1 heterocycles. The zero-order valence-electron chi connectivity index (χ0n) is 5.39. The molecule has 0 aromatic heterocycles. The van der Waals surface area contributed by atoms with E-state index < -0.39 is 9.04 Å². The largest absolute Gasteiger partial charge is 0.461 e. The van der Waals surface area contributed by atoms with E-state index in [4.69, 9.17) is 8.85 Å². The number of epoxide rings is 1. The molecule has 1 unspecified atom stereocenters. The molecule has 0 amide bonds. The van der Waals surface area contributed by atoms with Crippen molar-refractivity contribution in [3.05, 3.63) is 0 Å². The van der Waals surface area contributed by atoms with E-state index in [9.17, 15) is 0 Å². The Morgan fingerprint density at radius 1 is 1.75 bits per heavy atom. The van der Waals surface area contributed by atoms with Gasteiger partial charge in [0.2, 0.25) is 0 Å². The van der Waals surface area contributed by atoms with Gasteiger partial charge in [-0.1, -0.05) is 0 Å². The molecule has 4 heteroatoms. The highest BCUT2D eigenvalue weighted by molar-refractivity contribution is 6.56. The van der Waals surface area contributed by atoms with Crippen LogP contribution in [-0.4, -0.2) is 31.1 Å². The second kappa shape index (κ2) is 2.77. The first-order valence-corrected chi connectivity index (χ1v) is 7.19. The fourth-order valence-corrected chi connectivity index (χ4v) is 3.19. The van der Waals surface area contributed by atoms with Crippen LogP contribution >= 0.6 is 0 Å². The molecule has 1 fully saturated rings. The lowest BCUT2D eigenvalue weighted by atomic mass is 11.0. The molecule has 0 aliphatic carbocycles. The van der Waals surface area contributed by atoms with Gasteiger partial charge in [0.05, 0.1) is 12.3 Å². The first-order chi connectivity index (χ1) is 3.79. The van der Waals surface area contributed by atoms with Crippen LogP contribution in [0.1, 0.15) is 0 Å². The van der Waals surface area contributed by atoms with Crippen LogP contribution in [-0.2, 0) is 8.85 Å². The van der Waals surface area contributed by atoms with E-state index in [0.717, 1.165) is 6.61 Å². The normalized spacial score (nSPS) is 28.1. The molecule has 2 nitrogen and oxygen atoms in total. The van der Waals surface area contributed by atoms with Gasteiger partial charge in [0.25, 0.3) is 0 Å². The average Bonchev–Trinajstić information content (AvgIpc) is 2.41. The van der Waals surface area contributed by atoms with Crippen LogP contribution < -0.4 is 0 Å². The lowest BCUT2D eigenvalue weighted by Gasteiger charge is -2.01. The van der Waals surface area contributed by atoms with Crippen LogP contribution in [0, 0.1) is 0 Å². The van der Waals surface area contributed by atoms with Gasteiger partial charge in [-0.2, -0.15) is 0 Å². The van der Waals surface area contributed by atoms with E-state index >= 15 is 0 Å². The maximum Gasteiger partial charge on any atom is 0.179 e. The molecule has 48 valence electrons. The minimum absolute atomic E-state index is 0.251. The maximum absolute atomic E-state index is 5.52. The third kappa shape index (κ3) is 2.61. The Morgan fingerprint density at radius 2 is 2.38 bits per heavy atom. The van der Waals surface area contributed by atoms with E-state index in [1.54, 1.807) is 0 Å². The van der Waals surface area contributed by atoms with Crippen LogP contribution in [0.15, 0.2) is 0 Å². The second-order valence-electron chi connectivity index (χ2n) is 2.34. The Morgan fingerprint density at radius 3 is 2.75 bits per heavy atom. The zero-order chi connectivity index (χ0) is 5.98. The monoisotopic (exact) mass is 148 g/mol. The van der Waals surface area contributed by atoms with Crippen LogP contribution in [0.4, 0.5) is 0 Å². The van der Waals surface area contributed by atoms with E-state index in [0.29, 0.717) is 5.73 Å². The van der Waals surface area contributed by atoms with E-state index in [-0.39, 0.29) is 9.76 Å². The molecular formula is C4H12O2Si2. The summed E-state index contributed by atoms with van der Waals surface area (Å²) in [6.07, 6.45) is 0. The Hall–Kier alpha value is 0.354. The number of hydrogen-bond acceptors (Lipinski definition) is 2. The van der Waals surface area contributed by atoms with Gasteiger partial charge in [-0.25, -0.2) is 0 Å². The molecule has 1 rings (SSSR count). The van der Waals surface area contributed by atoms with Gasteiger partial charge in [-0.3, -0.25) is 0 Å². The average molecular weight is 148 g/mol. The lowest BCUT2D eigenvalue weighted by molar-refractivity contribution is 0.440. The number of ether oxygens (including phenoxy) is 1. The van der Waals surface area contributed by atoms with Gasteiger partial charge in [0.1, 0.15) is 0 Å². The van der Waals surface area contributed by atoms with Crippen molar-refractivity contribution in [2.45, 2.75) is 18.8 Å². The minimum Gasteiger partial charge on any atom is -0.461 e. The first-order valence-electron chi connectivity index (χ1n) is 3.02. The molecule has 1 atom stereocenters. The topological polar surface area (TPSA) is 21.8 Å². The number of hydrogen-bond donors (Lipinski definition) is 0. The van der Waals surface area contributed by atoms with Gasteiger partial charge >= 0.3 is 0 Å². The fourth-order valence-electron chi connectivity index (χ4n) is 0.464. The van der Waals surface area contributed by atoms with Crippen molar-refractivity contribution in [3.8, 4) is 0 Å². The minimum atomic E-state index is -0.705. The molecular weight excluding hydrogens is 136 g/mol. The molecule has 0 spiro atoms. The summed E-state index contributed by atoms with van der Waals surface area (Å²) < 4.78 is 10.5. The van der Waals surface area contributed by atoms with Crippen molar-refractivity contribution in [1.82, 2.24) is 0 Å². The molecule has 1 aliphatic heterocycles. The third-order valence-corrected chi connectivity index (χ3v) is 5.30. The molecule has 0 bridgehead atoms. The maximum atomic E-state index is 5.52. The Labute approximate surface area is 53.9 Å². The molecule has 1 saturated heterocycles. The predicted octanol–water partition coefficient (Wildman–Crippen LogP) is -0.574. The van der Waals surface area contributed by atoms with Gasteiger partial charge in [-0.05, 0) is 13.1 Å². The first kappa shape index (κ1) is 6.47. The highest BCUT2D eigenvalue weighted by Crippen LogP contribution is 2.06. The highest BCUT2D eigenvalue weighted by atomic mass is 28.3. The summed E-state index contributed by atoms with van der Waals surface area (Å²) in [5.74, 6) is 0. The molecule has 8 heavy (non-hydrogen) atoms. The Kier molecular flexibility index (Phi) is 2.24. The van der Waals surface area contributed by atoms with Gasteiger partial charge in [0, 0.05) is 0 Å². The summed E-state index contributed by atoms with van der Waals surface area (Å²) in [6, 6.07) is 0. The van der Waals surface area contributed by atoms with Crippen molar-refractivity contribution in [1.29, 1.82) is 0 Å². The SMILES string of the molecule is C[SiH](C)O[SiH2]C1CO1. The third-order valence-electron chi connectivity index (χ3n) is 1.02. The summed E-state index contributed by atoms with van der Waals surface area (Å²) in [5.41, 5.74) is 0.588. The van der Waals surface area contributed by atoms with Gasteiger partial charge in [0.15, 0.2) is 18.8 Å². The summed E-state index contributed by atoms with van der Waals surface area (Å²) in [4.78, 5) is 0. The van der Waals surface area contributed by atoms with Gasteiger partial charge < -0.3 is 8.85 Å². The van der Waals surface area contributed by atoms with E-state index in [2.05, 4.69) is 13.1 Å². The molecule has 0 aromatic rings. The van der Waals surface area contributed by atoms with E-state index in [1.165, 1.54) is 0 Å². The van der Waals surface area contributed by atoms with Gasteiger partial charge in [-0.15, -0.1) is 0 Å². The van der Waals surface area contributed by atoms with Crippen LogP contribution in [0.2, 0.25) is 13.1 Å². The van der Waals surface area contributed by atoms with Crippen molar-refractivity contribution in [3.63, 3.8) is 0 Å². The quantitative estimate of drug-likeness (QED) is 0.395. The summed E-state index contributed by atoms with van der Waals surface area (Å²) in [7, 11) is -0.956. The summed E-state index contributed by atoms with van der Waals surface area (Å²) >= 11 is 0. The Bertz CT molecular complexity index is 70.4. The van der Waals surface area contributed by atoms with Crippen molar-refractivity contribution in [2.75, 3.05) is 6.61 Å². The van der Waals surface area contributed by atoms with Crippen molar-refractivity contribution < 1.29 is 8.85 Å². The van der Waals surface area contributed by atoms with E-state index in [1.807, 2.05) is 0 Å². The molecule has 0 radical (unpaired) electrons. The molecule has 0 aromatic carbocycles. The van der Waals surface area contributed by atoms with Crippen LogP contribution in [0.25, 0.3) is 0 Å². The molecule has 0 N–H and O–H groups in total. The molecule has 1 aliphatic rings. The van der Waals surface area contributed by atoms with Crippen LogP contribution in [0.5, 0.6) is 0 Å². The summed E-state index contributed by atoms with van der Waals surface area (Å²) in [6.45, 7) is 5.39. The summed E-state index contributed by atoms with van der Waals surface area (Å²) in [5, 5.41) is 0. The van der Waals surface area contributed by atoms with Crippen molar-refractivity contribution in [2.24, 2.45) is 0 Å². The smallest absolute Gasteiger partial charge is 0.179 e. The zero-order valence-corrected chi connectivity index (χ0v) is 7.95. The number of rotatable bonds is 3. The van der Waals surface area contributed by atoms with Crippen molar-refractivity contribution >= 4 is 18.8 Å². The molecule has 0 saturated carbocycles. The highest BCUT2D eigenvalue weighted by Gasteiger charge is 2.23. The predicted molar refractivity (Wildman–Crippen MR) is 38.2 cm³/mol. The van der Waals surface area contributed by atoms with Crippen LogP contribution in [0.3, 0.4) is 0 Å². The fraction of sp³-hybridized carbons (Fsp3) is 1.00. The Balaban J connectivity index is 1.87. The lowest BCUT2D eigenvalue weighted by Crippen LogP contribution is -2.15. The standard InChI is InChI=1S/C4H12O2Si2/c1-8(2)6-7-4-3-5-4/h4,8H,3,7H2,1-2H3. The second-order valence-corrected chi connectivity index (χ2v) is 7.01.